The van der Waals surface area contributed by atoms with E-state index in [1.807, 2.05) is 85.8 Å². The van der Waals surface area contributed by atoms with Gasteiger partial charge in [-0.25, -0.2) is 4.79 Å². The van der Waals surface area contributed by atoms with Gasteiger partial charge in [0.05, 0.1) is 17.9 Å². The maximum Gasteiger partial charge on any atom is 0.506 e. The third kappa shape index (κ3) is 4.50. The van der Waals surface area contributed by atoms with Gasteiger partial charge in [0, 0.05) is 10.3 Å². The predicted octanol–water partition coefficient (Wildman–Crippen LogP) is 6.12. The summed E-state index contributed by atoms with van der Waals surface area (Å²) in [4.78, 5) is 12.3. The van der Waals surface area contributed by atoms with E-state index in [1.165, 1.54) is 0 Å². The van der Waals surface area contributed by atoms with E-state index in [0.717, 1.165) is 11.1 Å². The van der Waals surface area contributed by atoms with Crippen molar-refractivity contribution in [1.29, 1.82) is 0 Å². The van der Waals surface area contributed by atoms with Crippen molar-refractivity contribution in [2.45, 2.75) is 35.0 Å². The molecule has 3 aromatic carbocycles. The molecule has 0 radical (unpaired) electrons. The Bertz CT molecular complexity index is 1150. The molecule has 1 saturated carbocycles. The molecule has 33 heavy (non-hydrogen) atoms. The number of carboxylic acid groups (broad SMARTS) is 1. The monoisotopic (exact) mass is 484 g/mol. The minimum Gasteiger partial charge on any atom is -0.497 e. The second kappa shape index (κ2) is 9.20. The van der Waals surface area contributed by atoms with Crippen LogP contribution >= 0.6 is 11.6 Å². The Balaban J connectivity index is 1.78. The first-order valence-electron chi connectivity index (χ1n) is 10.5. The number of methoxy groups -OCH3 is 1. The van der Waals surface area contributed by atoms with Crippen molar-refractivity contribution >= 4 is 28.6 Å². The normalized spacial score (nSPS) is 23.4. The average Bonchev–Trinajstić information content (AvgIpc) is 3.43. The summed E-state index contributed by atoms with van der Waals surface area (Å²) in [6.07, 6.45) is -1.55. The van der Waals surface area contributed by atoms with E-state index in [1.54, 1.807) is 7.11 Å². The molecule has 0 amide bonds. The maximum atomic E-state index is 13.7. The first-order chi connectivity index (χ1) is 15.8. The van der Waals surface area contributed by atoms with E-state index in [9.17, 15) is 14.1 Å². The summed E-state index contributed by atoms with van der Waals surface area (Å²) in [7, 11) is 0.00696. The Morgan fingerprint density at radius 2 is 1.70 bits per heavy atom. The van der Waals surface area contributed by atoms with Crippen molar-refractivity contribution in [1.82, 2.24) is 0 Å². The van der Waals surface area contributed by atoms with Crippen LogP contribution in [0.25, 0.3) is 0 Å². The third-order valence-corrected chi connectivity index (χ3v) is 8.96. The topological polar surface area (TPSA) is 72.8 Å². The Labute approximate surface area is 200 Å². The van der Waals surface area contributed by atoms with Gasteiger partial charge in [0.15, 0.2) is 0 Å². The minimum atomic E-state index is -1.59. The van der Waals surface area contributed by atoms with Crippen LogP contribution in [0.2, 0.25) is 0 Å². The molecular weight excluding hydrogens is 460 g/mol. The lowest BCUT2D eigenvalue weighted by molar-refractivity contribution is 0.0144. The standard InChI is InChI=1S/C26H25ClO5S/c1-18-8-14-22(15-9-18)33(30)26(27)17-25(26,16-19-10-12-21(31-2)13-11-19)23(32-24(28)29)20-6-4-3-5-7-20/h3-15,23H,16-17H2,1-2H3,(H,28,29)/t23?,25-,26-,33?/m1/s1. The van der Waals surface area contributed by atoms with Gasteiger partial charge in [-0.05, 0) is 55.2 Å². The predicted molar refractivity (Wildman–Crippen MR) is 128 cm³/mol. The molecule has 7 heteroatoms. The van der Waals surface area contributed by atoms with Crippen molar-refractivity contribution < 1.29 is 23.6 Å². The molecule has 0 saturated heterocycles. The van der Waals surface area contributed by atoms with Crippen molar-refractivity contribution in [2.75, 3.05) is 7.11 Å². The number of alkyl halides is 1. The van der Waals surface area contributed by atoms with Crippen LogP contribution in [0.15, 0.2) is 83.8 Å². The van der Waals surface area contributed by atoms with Gasteiger partial charge < -0.3 is 14.6 Å². The first-order valence-corrected chi connectivity index (χ1v) is 12.1. The smallest absolute Gasteiger partial charge is 0.497 e. The van der Waals surface area contributed by atoms with Crippen LogP contribution in [0.4, 0.5) is 4.79 Å². The summed E-state index contributed by atoms with van der Waals surface area (Å²) in [6, 6.07) is 24.0. The van der Waals surface area contributed by atoms with Gasteiger partial charge in [0.2, 0.25) is 0 Å². The Hall–Kier alpha value is -2.83. The largest absolute Gasteiger partial charge is 0.506 e. The number of ether oxygens (including phenoxy) is 2. The Kier molecular flexibility index (Phi) is 6.50. The van der Waals surface area contributed by atoms with Crippen molar-refractivity contribution in [3.8, 4) is 5.75 Å². The molecule has 0 spiro atoms. The molecule has 172 valence electrons. The highest BCUT2D eigenvalue weighted by atomic mass is 35.5. The summed E-state index contributed by atoms with van der Waals surface area (Å²) >= 11 is 7.13. The summed E-state index contributed by atoms with van der Waals surface area (Å²) in [6.45, 7) is 1.96. The zero-order valence-corrected chi connectivity index (χ0v) is 19.9. The molecule has 4 atom stereocenters. The van der Waals surface area contributed by atoms with Crippen molar-refractivity contribution in [2.24, 2.45) is 5.41 Å². The average molecular weight is 485 g/mol. The van der Waals surface area contributed by atoms with E-state index >= 15 is 0 Å². The van der Waals surface area contributed by atoms with Crippen LogP contribution in [0.5, 0.6) is 5.75 Å². The van der Waals surface area contributed by atoms with E-state index in [4.69, 9.17) is 21.1 Å². The number of rotatable bonds is 8. The van der Waals surface area contributed by atoms with E-state index in [2.05, 4.69) is 0 Å². The fourth-order valence-corrected chi connectivity index (χ4v) is 6.74. The molecule has 0 heterocycles. The molecular formula is C26H25ClO5S. The molecule has 2 unspecified atom stereocenters. The highest BCUT2D eigenvalue weighted by molar-refractivity contribution is 7.88. The van der Waals surface area contributed by atoms with Gasteiger partial charge >= 0.3 is 6.16 Å². The second-order valence-electron chi connectivity index (χ2n) is 8.34. The SMILES string of the molecule is COc1ccc(C[C@]2(C(OC(=O)O)c3ccccc3)C[C@@]2(Cl)S(=O)c2ccc(C)cc2)cc1. The number of carbonyl (C=O) groups is 1. The molecule has 1 aliphatic carbocycles. The molecule has 1 N–H and O–H groups in total. The van der Waals surface area contributed by atoms with Crippen LogP contribution in [0, 0.1) is 12.3 Å². The number of aryl methyl sites for hydroxylation is 1. The summed E-state index contributed by atoms with van der Waals surface area (Å²) in [5.74, 6) is 0.713. The van der Waals surface area contributed by atoms with E-state index in [0.29, 0.717) is 29.1 Å². The third-order valence-electron chi connectivity index (χ3n) is 6.19. The van der Waals surface area contributed by atoms with Crippen LogP contribution in [0.3, 0.4) is 0 Å². The van der Waals surface area contributed by atoms with Gasteiger partial charge in [-0.2, -0.15) is 0 Å². The van der Waals surface area contributed by atoms with Crippen molar-refractivity contribution in [3.63, 3.8) is 0 Å². The van der Waals surface area contributed by atoms with E-state index in [-0.39, 0.29) is 0 Å². The van der Waals surface area contributed by atoms with Crippen LogP contribution < -0.4 is 4.74 Å². The molecule has 5 nitrogen and oxygen atoms in total. The van der Waals surface area contributed by atoms with Crippen LogP contribution in [-0.4, -0.2) is 26.8 Å². The molecule has 4 rings (SSSR count). The summed E-state index contributed by atoms with van der Waals surface area (Å²) in [5, 5.41) is 9.57. The number of halogens is 1. The molecule has 0 aliphatic heterocycles. The van der Waals surface area contributed by atoms with Gasteiger partial charge in [-0.3, -0.25) is 4.21 Å². The summed E-state index contributed by atoms with van der Waals surface area (Å²) < 4.78 is 23.2. The molecule has 1 aliphatic rings. The lowest BCUT2D eigenvalue weighted by Crippen LogP contribution is -2.31. The quantitative estimate of drug-likeness (QED) is 0.308. The van der Waals surface area contributed by atoms with Gasteiger partial charge in [-0.15, -0.1) is 11.6 Å². The van der Waals surface area contributed by atoms with Crippen molar-refractivity contribution in [3.05, 3.63) is 95.6 Å². The summed E-state index contributed by atoms with van der Waals surface area (Å²) in [5.41, 5.74) is 1.75. The highest BCUT2D eigenvalue weighted by Crippen LogP contribution is 2.71. The van der Waals surface area contributed by atoms with Gasteiger partial charge in [0.25, 0.3) is 0 Å². The van der Waals surface area contributed by atoms with Gasteiger partial charge in [0.1, 0.15) is 16.1 Å². The lowest BCUT2D eigenvalue weighted by atomic mass is 9.86. The number of benzene rings is 3. The van der Waals surface area contributed by atoms with Gasteiger partial charge in [-0.1, -0.05) is 60.2 Å². The zero-order valence-electron chi connectivity index (χ0n) is 18.4. The zero-order chi connectivity index (χ0) is 23.6. The molecule has 3 aromatic rings. The molecule has 0 bridgehead atoms. The lowest BCUT2D eigenvalue weighted by Gasteiger charge is -2.30. The number of hydrogen-bond acceptors (Lipinski definition) is 4. The fraction of sp³-hybridized carbons (Fsp3) is 0.269. The molecule has 0 aromatic heterocycles. The second-order valence-corrected chi connectivity index (χ2v) is 10.9. The first kappa shape index (κ1) is 23.3. The minimum absolute atomic E-state index is 0.334. The van der Waals surface area contributed by atoms with Crippen LogP contribution in [-0.2, 0) is 22.0 Å². The van der Waals surface area contributed by atoms with Crippen LogP contribution in [0.1, 0.15) is 29.2 Å². The molecule has 1 fully saturated rings. The van der Waals surface area contributed by atoms with E-state index < -0.39 is 32.7 Å². The Morgan fingerprint density at radius 3 is 2.27 bits per heavy atom. The fourth-order valence-electron chi connectivity index (χ4n) is 4.37. The maximum absolute atomic E-state index is 13.7. The number of hydrogen-bond donors (Lipinski definition) is 1. The Morgan fingerprint density at radius 1 is 1.06 bits per heavy atom. The highest BCUT2D eigenvalue weighted by Gasteiger charge is 2.75.